The second-order valence-corrected chi connectivity index (χ2v) is 9.17. The van der Waals surface area contributed by atoms with Crippen molar-refractivity contribution in [2.24, 2.45) is 0 Å². The molecule has 2 aliphatic rings. The minimum absolute atomic E-state index is 0.0121. The monoisotopic (exact) mass is 476 g/mol. The molecule has 0 spiro atoms. The fourth-order valence-electron chi connectivity index (χ4n) is 4.63. The number of piperazine rings is 1. The summed E-state index contributed by atoms with van der Waals surface area (Å²) in [6, 6.07) is 14.4. The average Bonchev–Trinajstić information content (AvgIpc) is 3.29. The SMILES string of the molecule is CCCCCC1CN(CC(=O)Nc2ccccc2C(=O)O)C(=O)C2=CC(c3ccc(C)cc3)NN21. The molecule has 0 bridgehead atoms. The van der Waals surface area contributed by atoms with E-state index in [1.165, 1.54) is 11.6 Å². The summed E-state index contributed by atoms with van der Waals surface area (Å²) in [6.45, 7) is 4.47. The van der Waals surface area contributed by atoms with Crippen molar-refractivity contribution in [3.8, 4) is 0 Å². The van der Waals surface area contributed by atoms with Crippen LogP contribution in [0.25, 0.3) is 0 Å². The van der Waals surface area contributed by atoms with E-state index in [0.29, 0.717) is 12.2 Å². The number of hydrogen-bond acceptors (Lipinski definition) is 5. The molecule has 2 unspecified atom stereocenters. The Morgan fingerprint density at radius 1 is 1.11 bits per heavy atom. The number of hydrazine groups is 1. The van der Waals surface area contributed by atoms with Gasteiger partial charge in [-0.3, -0.25) is 14.6 Å². The normalized spacial score (nSPS) is 19.4. The number of rotatable bonds is 9. The first-order valence-electron chi connectivity index (χ1n) is 12.1. The topological polar surface area (TPSA) is 102 Å². The Morgan fingerprint density at radius 3 is 2.57 bits per heavy atom. The van der Waals surface area contributed by atoms with Crippen LogP contribution in [0.2, 0.25) is 0 Å². The first kappa shape index (κ1) is 24.5. The number of benzene rings is 2. The molecule has 2 heterocycles. The van der Waals surface area contributed by atoms with E-state index in [1.54, 1.807) is 23.1 Å². The van der Waals surface area contributed by atoms with Gasteiger partial charge in [0, 0.05) is 6.54 Å². The van der Waals surface area contributed by atoms with Crippen LogP contribution in [0.15, 0.2) is 60.3 Å². The van der Waals surface area contributed by atoms with E-state index < -0.39 is 11.9 Å². The molecule has 2 atom stereocenters. The maximum absolute atomic E-state index is 13.4. The first-order valence-corrected chi connectivity index (χ1v) is 12.1. The van der Waals surface area contributed by atoms with Crippen molar-refractivity contribution >= 4 is 23.5 Å². The summed E-state index contributed by atoms with van der Waals surface area (Å²) in [7, 11) is 0. The largest absolute Gasteiger partial charge is 0.478 e. The van der Waals surface area contributed by atoms with Crippen molar-refractivity contribution in [1.29, 1.82) is 0 Å². The number of nitrogens with one attached hydrogen (secondary N) is 2. The molecule has 35 heavy (non-hydrogen) atoms. The standard InChI is InChI=1S/C27H32N4O4/c1-3-4-5-8-20-16-30(17-25(32)28-22-10-7-6-9-21(22)27(34)35)26(33)24-15-23(29-31(20)24)19-13-11-18(2)12-14-19/h6-7,9-15,20,23,29H,3-5,8,16-17H2,1-2H3,(H,28,32)(H,34,35). The number of aryl methyl sites for hydroxylation is 1. The molecule has 2 aromatic rings. The Bertz CT molecular complexity index is 1130. The van der Waals surface area contributed by atoms with Crippen LogP contribution >= 0.6 is 0 Å². The third kappa shape index (κ3) is 5.54. The Balaban J connectivity index is 1.52. The summed E-state index contributed by atoms with van der Waals surface area (Å²) in [5.74, 6) is -1.75. The van der Waals surface area contributed by atoms with Crippen molar-refractivity contribution in [1.82, 2.24) is 15.3 Å². The van der Waals surface area contributed by atoms with Crippen LogP contribution in [0.3, 0.4) is 0 Å². The van der Waals surface area contributed by atoms with E-state index in [4.69, 9.17) is 0 Å². The predicted molar refractivity (Wildman–Crippen MR) is 134 cm³/mol. The molecular weight excluding hydrogens is 444 g/mol. The van der Waals surface area contributed by atoms with Gasteiger partial charge in [-0.15, -0.1) is 0 Å². The van der Waals surface area contributed by atoms with Gasteiger partial charge in [0.05, 0.1) is 23.3 Å². The number of fused-ring (bicyclic) bond motifs is 1. The smallest absolute Gasteiger partial charge is 0.337 e. The maximum atomic E-state index is 13.4. The molecular formula is C27H32N4O4. The average molecular weight is 477 g/mol. The summed E-state index contributed by atoms with van der Waals surface area (Å²) >= 11 is 0. The Kier molecular flexibility index (Phi) is 7.51. The van der Waals surface area contributed by atoms with Crippen LogP contribution in [0.5, 0.6) is 0 Å². The zero-order chi connectivity index (χ0) is 24.9. The highest BCUT2D eigenvalue weighted by Gasteiger charge is 2.41. The summed E-state index contributed by atoms with van der Waals surface area (Å²) in [4.78, 5) is 39.2. The first-order chi connectivity index (χ1) is 16.9. The number of carboxylic acid groups (broad SMARTS) is 1. The van der Waals surface area contributed by atoms with Gasteiger partial charge in [-0.2, -0.15) is 0 Å². The highest BCUT2D eigenvalue weighted by atomic mass is 16.4. The Hall–Kier alpha value is -3.65. The molecule has 8 heteroatoms. The van der Waals surface area contributed by atoms with E-state index >= 15 is 0 Å². The minimum atomic E-state index is -1.12. The summed E-state index contributed by atoms with van der Waals surface area (Å²) in [5, 5.41) is 14.0. The number of carbonyl (C=O) groups is 3. The number of amides is 2. The van der Waals surface area contributed by atoms with Crippen LogP contribution in [-0.4, -0.2) is 51.9 Å². The third-order valence-electron chi connectivity index (χ3n) is 6.51. The molecule has 0 saturated carbocycles. The summed E-state index contributed by atoms with van der Waals surface area (Å²) in [5.41, 5.74) is 6.54. The van der Waals surface area contributed by atoms with Gasteiger partial charge in [0.1, 0.15) is 12.2 Å². The van der Waals surface area contributed by atoms with E-state index in [1.807, 2.05) is 18.0 Å². The summed E-state index contributed by atoms with van der Waals surface area (Å²) < 4.78 is 0. The van der Waals surface area contributed by atoms with Gasteiger partial charge in [-0.05, 0) is 37.1 Å². The number of carbonyl (C=O) groups excluding carboxylic acids is 2. The van der Waals surface area contributed by atoms with Crippen LogP contribution in [0, 0.1) is 6.92 Å². The molecule has 2 aliphatic heterocycles. The van der Waals surface area contributed by atoms with Crippen LogP contribution in [0.1, 0.15) is 60.1 Å². The molecule has 2 aromatic carbocycles. The molecule has 2 amide bonds. The lowest BCUT2D eigenvalue weighted by Gasteiger charge is -2.41. The number of anilines is 1. The fraction of sp³-hybridized carbons (Fsp3) is 0.370. The van der Waals surface area contributed by atoms with Crippen molar-refractivity contribution in [3.05, 3.63) is 77.0 Å². The van der Waals surface area contributed by atoms with Crippen molar-refractivity contribution in [2.45, 2.75) is 51.6 Å². The van der Waals surface area contributed by atoms with E-state index in [0.717, 1.165) is 31.2 Å². The van der Waals surface area contributed by atoms with E-state index in [2.05, 4.69) is 41.9 Å². The molecule has 8 nitrogen and oxygen atoms in total. The maximum Gasteiger partial charge on any atom is 0.337 e. The number of aromatic carboxylic acids is 1. The number of hydrogen-bond donors (Lipinski definition) is 3. The molecule has 4 rings (SSSR count). The van der Waals surface area contributed by atoms with Gasteiger partial charge in [0.25, 0.3) is 5.91 Å². The van der Waals surface area contributed by atoms with E-state index in [-0.39, 0.29) is 35.8 Å². The molecule has 184 valence electrons. The fourth-order valence-corrected chi connectivity index (χ4v) is 4.63. The highest BCUT2D eigenvalue weighted by Crippen LogP contribution is 2.32. The molecule has 0 aliphatic carbocycles. The van der Waals surface area contributed by atoms with Crippen molar-refractivity contribution in [3.63, 3.8) is 0 Å². The molecule has 1 fully saturated rings. The Morgan fingerprint density at radius 2 is 1.86 bits per heavy atom. The number of nitrogens with zero attached hydrogens (tertiary/aromatic N) is 2. The lowest BCUT2D eigenvalue weighted by atomic mass is 10.0. The number of unbranched alkanes of at least 4 members (excludes halogenated alkanes) is 2. The quantitative estimate of drug-likeness (QED) is 0.475. The van der Waals surface area contributed by atoms with Gasteiger partial charge >= 0.3 is 5.97 Å². The predicted octanol–water partition coefficient (Wildman–Crippen LogP) is 3.87. The van der Waals surface area contributed by atoms with Gasteiger partial charge < -0.3 is 15.3 Å². The van der Waals surface area contributed by atoms with Crippen LogP contribution < -0.4 is 10.7 Å². The molecule has 3 N–H and O–H groups in total. The molecule has 1 saturated heterocycles. The van der Waals surface area contributed by atoms with Crippen LogP contribution in [-0.2, 0) is 9.59 Å². The molecule has 0 radical (unpaired) electrons. The third-order valence-corrected chi connectivity index (χ3v) is 6.51. The highest BCUT2D eigenvalue weighted by molar-refractivity contribution is 6.03. The number of para-hydroxylation sites is 1. The lowest BCUT2D eigenvalue weighted by molar-refractivity contribution is -0.137. The summed E-state index contributed by atoms with van der Waals surface area (Å²) in [6.07, 6.45) is 6.06. The zero-order valence-corrected chi connectivity index (χ0v) is 20.2. The van der Waals surface area contributed by atoms with Crippen molar-refractivity contribution < 1.29 is 19.5 Å². The van der Waals surface area contributed by atoms with Crippen LogP contribution in [0.4, 0.5) is 5.69 Å². The lowest BCUT2D eigenvalue weighted by Crippen LogP contribution is -2.57. The van der Waals surface area contributed by atoms with Gasteiger partial charge in [-0.1, -0.05) is 68.1 Å². The van der Waals surface area contributed by atoms with Crippen molar-refractivity contribution in [2.75, 3.05) is 18.4 Å². The molecule has 0 aromatic heterocycles. The van der Waals surface area contributed by atoms with E-state index in [9.17, 15) is 19.5 Å². The number of carboxylic acids is 1. The van der Waals surface area contributed by atoms with Gasteiger partial charge in [0.15, 0.2) is 0 Å². The second-order valence-electron chi connectivity index (χ2n) is 9.17. The van der Waals surface area contributed by atoms with Gasteiger partial charge in [0.2, 0.25) is 5.91 Å². The zero-order valence-electron chi connectivity index (χ0n) is 20.2. The Labute approximate surface area is 205 Å². The van der Waals surface area contributed by atoms with Gasteiger partial charge in [-0.25, -0.2) is 10.2 Å². The minimum Gasteiger partial charge on any atom is -0.478 e. The second kappa shape index (κ2) is 10.7.